The SMILES string of the molecule is C=CCOc1cccc(NC(=O)C(C)Oc2ccc(-c3ccccc3)cc2)c1. The van der Waals surface area contributed by atoms with Gasteiger partial charge in [-0.1, -0.05) is 61.2 Å². The highest BCUT2D eigenvalue weighted by atomic mass is 16.5. The molecule has 1 amide bonds. The number of benzene rings is 3. The van der Waals surface area contributed by atoms with E-state index in [9.17, 15) is 4.79 Å². The largest absolute Gasteiger partial charge is 0.489 e. The smallest absolute Gasteiger partial charge is 0.265 e. The first-order chi connectivity index (χ1) is 13.7. The minimum absolute atomic E-state index is 0.229. The van der Waals surface area contributed by atoms with Crippen LogP contribution in [0, 0.1) is 0 Å². The van der Waals surface area contributed by atoms with Gasteiger partial charge in [0.05, 0.1) is 0 Å². The van der Waals surface area contributed by atoms with E-state index in [0.29, 0.717) is 23.8 Å². The van der Waals surface area contributed by atoms with E-state index in [-0.39, 0.29) is 5.91 Å². The van der Waals surface area contributed by atoms with Crippen molar-refractivity contribution in [2.24, 2.45) is 0 Å². The number of hydrogen-bond donors (Lipinski definition) is 1. The Hall–Kier alpha value is -3.53. The first-order valence-electron chi connectivity index (χ1n) is 9.12. The van der Waals surface area contributed by atoms with E-state index in [0.717, 1.165) is 11.1 Å². The van der Waals surface area contributed by atoms with Crippen LogP contribution in [0.15, 0.2) is 91.5 Å². The Morgan fingerprint density at radius 3 is 2.39 bits per heavy atom. The zero-order chi connectivity index (χ0) is 19.8. The molecular weight excluding hydrogens is 350 g/mol. The van der Waals surface area contributed by atoms with Crippen molar-refractivity contribution in [3.8, 4) is 22.6 Å². The fourth-order valence-electron chi connectivity index (χ4n) is 2.68. The van der Waals surface area contributed by atoms with Crippen molar-refractivity contribution in [2.45, 2.75) is 13.0 Å². The van der Waals surface area contributed by atoms with Crippen molar-refractivity contribution in [3.05, 3.63) is 91.5 Å². The molecule has 3 aromatic rings. The number of rotatable bonds is 8. The minimum Gasteiger partial charge on any atom is -0.489 e. The van der Waals surface area contributed by atoms with E-state index in [1.807, 2.05) is 54.6 Å². The van der Waals surface area contributed by atoms with Gasteiger partial charge in [0.2, 0.25) is 0 Å². The van der Waals surface area contributed by atoms with Gasteiger partial charge in [0.15, 0.2) is 6.10 Å². The van der Waals surface area contributed by atoms with Crippen LogP contribution in [0.5, 0.6) is 11.5 Å². The van der Waals surface area contributed by atoms with Crippen LogP contribution in [0.2, 0.25) is 0 Å². The molecule has 0 aliphatic rings. The van der Waals surface area contributed by atoms with Gasteiger partial charge >= 0.3 is 0 Å². The number of hydrogen-bond acceptors (Lipinski definition) is 3. The molecule has 0 aromatic heterocycles. The molecule has 0 saturated heterocycles. The number of carbonyl (C=O) groups is 1. The van der Waals surface area contributed by atoms with Crippen LogP contribution < -0.4 is 14.8 Å². The minimum atomic E-state index is -0.639. The van der Waals surface area contributed by atoms with Crippen LogP contribution in [0.25, 0.3) is 11.1 Å². The molecule has 0 bridgehead atoms. The van der Waals surface area contributed by atoms with E-state index in [2.05, 4.69) is 24.0 Å². The lowest BCUT2D eigenvalue weighted by atomic mass is 10.1. The summed E-state index contributed by atoms with van der Waals surface area (Å²) in [6.07, 6.45) is 1.03. The molecule has 28 heavy (non-hydrogen) atoms. The molecule has 3 rings (SSSR count). The predicted molar refractivity (Wildman–Crippen MR) is 113 cm³/mol. The van der Waals surface area contributed by atoms with E-state index < -0.39 is 6.10 Å². The van der Waals surface area contributed by atoms with Gasteiger partial charge in [-0.15, -0.1) is 0 Å². The van der Waals surface area contributed by atoms with Crippen molar-refractivity contribution in [1.82, 2.24) is 0 Å². The van der Waals surface area contributed by atoms with Gasteiger partial charge in [-0.3, -0.25) is 4.79 Å². The third-order valence-electron chi connectivity index (χ3n) is 4.11. The van der Waals surface area contributed by atoms with E-state index in [4.69, 9.17) is 9.47 Å². The number of nitrogens with one attached hydrogen (secondary N) is 1. The third-order valence-corrected chi connectivity index (χ3v) is 4.11. The molecule has 1 N–H and O–H groups in total. The number of carbonyl (C=O) groups excluding carboxylic acids is 1. The van der Waals surface area contributed by atoms with Crippen molar-refractivity contribution >= 4 is 11.6 Å². The van der Waals surface area contributed by atoms with Gasteiger partial charge in [-0.05, 0) is 42.3 Å². The maximum absolute atomic E-state index is 12.4. The quantitative estimate of drug-likeness (QED) is 0.543. The summed E-state index contributed by atoms with van der Waals surface area (Å²) in [4.78, 5) is 12.4. The van der Waals surface area contributed by atoms with Crippen molar-refractivity contribution in [1.29, 1.82) is 0 Å². The molecule has 0 saturated carbocycles. The molecule has 142 valence electrons. The molecule has 1 atom stereocenters. The summed E-state index contributed by atoms with van der Waals surface area (Å²) in [5.41, 5.74) is 2.89. The Morgan fingerprint density at radius 2 is 1.68 bits per heavy atom. The summed E-state index contributed by atoms with van der Waals surface area (Å²) in [7, 11) is 0. The van der Waals surface area contributed by atoms with E-state index >= 15 is 0 Å². The van der Waals surface area contributed by atoms with Crippen molar-refractivity contribution in [3.63, 3.8) is 0 Å². The molecule has 0 heterocycles. The zero-order valence-electron chi connectivity index (χ0n) is 15.8. The second-order valence-electron chi connectivity index (χ2n) is 6.27. The normalized spacial score (nSPS) is 11.3. The molecule has 4 heteroatoms. The molecule has 0 fully saturated rings. The first kappa shape index (κ1) is 19.2. The van der Waals surface area contributed by atoms with E-state index in [1.54, 1.807) is 25.1 Å². The van der Waals surface area contributed by atoms with Crippen molar-refractivity contribution in [2.75, 3.05) is 11.9 Å². The molecule has 0 aliphatic carbocycles. The second-order valence-corrected chi connectivity index (χ2v) is 6.27. The highest BCUT2D eigenvalue weighted by Crippen LogP contribution is 2.23. The topological polar surface area (TPSA) is 47.6 Å². The zero-order valence-corrected chi connectivity index (χ0v) is 15.8. The third kappa shape index (κ3) is 5.24. The molecule has 0 aliphatic heterocycles. The van der Waals surface area contributed by atoms with Crippen LogP contribution >= 0.6 is 0 Å². The molecular formula is C24H23NO3. The highest BCUT2D eigenvalue weighted by Gasteiger charge is 2.15. The Morgan fingerprint density at radius 1 is 0.964 bits per heavy atom. The van der Waals surface area contributed by atoms with Crippen molar-refractivity contribution < 1.29 is 14.3 Å². The maximum Gasteiger partial charge on any atom is 0.265 e. The fraction of sp³-hybridized carbons (Fsp3) is 0.125. The van der Waals surface area contributed by atoms with Gasteiger partial charge in [0.25, 0.3) is 5.91 Å². The summed E-state index contributed by atoms with van der Waals surface area (Å²) in [5.74, 6) is 1.08. The van der Waals surface area contributed by atoms with Crippen LogP contribution in [0.4, 0.5) is 5.69 Å². The lowest BCUT2D eigenvalue weighted by Gasteiger charge is -2.15. The maximum atomic E-state index is 12.4. The van der Waals surface area contributed by atoms with E-state index in [1.165, 1.54) is 0 Å². The van der Waals surface area contributed by atoms with Gasteiger partial charge < -0.3 is 14.8 Å². The molecule has 0 radical (unpaired) electrons. The summed E-state index contributed by atoms with van der Waals surface area (Å²) >= 11 is 0. The molecule has 4 nitrogen and oxygen atoms in total. The summed E-state index contributed by atoms with van der Waals surface area (Å²) in [5, 5.41) is 2.85. The monoisotopic (exact) mass is 373 g/mol. The summed E-state index contributed by atoms with van der Waals surface area (Å²) < 4.78 is 11.3. The number of ether oxygens (including phenoxy) is 2. The summed E-state index contributed by atoms with van der Waals surface area (Å²) in [6, 6.07) is 25.0. The second kappa shape index (κ2) is 9.42. The average Bonchev–Trinajstić information content (AvgIpc) is 2.73. The van der Waals surface area contributed by atoms with Gasteiger partial charge in [-0.25, -0.2) is 0 Å². The average molecular weight is 373 g/mol. The van der Waals surface area contributed by atoms with Gasteiger partial charge in [-0.2, -0.15) is 0 Å². The summed E-state index contributed by atoms with van der Waals surface area (Å²) in [6.45, 7) is 5.75. The Balaban J connectivity index is 1.59. The fourth-order valence-corrected chi connectivity index (χ4v) is 2.68. The van der Waals surface area contributed by atoms with Crippen LogP contribution in [-0.2, 0) is 4.79 Å². The first-order valence-corrected chi connectivity index (χ1v) is 9.12. The van der Waals surface area contributed by atoms with Crippen LogP contribution in [0.1, 0.15) is 6.92 Å². The number of anilines is 1. The van der Waals surface area contributed by atoms with Crippen LogP contribution in [0.3, 0.4) is 0 Å². The molecule has 3 aromatic carbocycles. The van der Waals surface area contributed by atoms with Gasteiger partial charge in [0, 0.05) is 11.8 Å². The highest BCUT2D eigenvalue weighted by molar-refractivity contribution is 5.94. The Kier molecular flexibility index (Phi) is 6.47. The Labute approximate surface area is 165 Å². The lowest BCUT2D eigenvalue weighted by molar-refractivity contribution is -0.122. The van der Waals surface area contributed by atoms with Gasteiger partial charge in [0.1, 0.15) is 18.1 Å². The molecule has 0 spiro atoms. The predicted octanol–water partition coefficient (Wildman–Crippen LogP) is 5.32. The molecule has 1 unspecified atom stereocenters. The lowest BCUT2D eigenvalue weighted by Crippen LogP contribution is -2.30. The Bertz CT molecular complexity index is 920. The number of amides is 1. The standard InChI is InChI=1S/C24H23NO3/c1-3-16-27-23-11-7-10-21(17-23)25-24(26)18(2)28-22-14-12-20(13-15-22)19-8-5-4-6-9-19/h3-15,17-18H,1,16H2,2H3,(H,25,26). The van der Waals surface area contributed by atoms with Crippen LogP contribution in [-0.4, -0.2) is 18.6 Å².